The van der Waals surface area contributed by atoms with Crippen molar-refractivity contribution in [1.82, 2.24) is 0 Å². The second-order valence-corrected chi connectivity index (χ2v) is 2.65. The van der Waals surface area contributed by atoms with E-state index in [1.165, 1.54) is 10.7 Å². The molecule has 0 unspecified atom stereocenters. The Morgan fingerprint density at radius 3 is 3.00 bits per heavy atom. The average molecular weight is 113 g/mol. The van der Waals surface area contributed by atoms with Crippen LogP contribution in [0.5, 0.6) is 0 Å². The van der Waals surface area contributed by atoms with E-state index in [-0.39, 0.29) is 0 Å². The highest BCUT2D eigenvalue weighted by molar-refractivity contribution is 8.17. The predicted octanol–water partition coefficient (Wildman–Crippen LogP) is 0.574. The van der Waals surface area contributed by atoms with E-state index >= 15 is 0 Å². The van der Waals surface area contributed by atoms with Gasteiger partial charge in [-0.05, 0) is 0 Å². The zero-order chi connectivity index (χ0) is 5.11. The lowest BCUT2D eigenvalue weighted by Gasteiger charge is -1.84. The highest BCUT2D eigenvalue weighted by Crippen LogP contribution is 2.09. The van der Waals surface area contributed by atoms with Gasteiger partial charge >= 0.3 is 0 Å². The smallest absolute Gasteiger partial charge is 0.187 e. The molecule has 0 aromatic carbocycles. The molecule has 0 radical (unpaired) electrons. The van der Waals surface area contributed by atoms with Gasteiger partial charge in [-0.3, -0.25) is 4.99 Å². The van der Waals surface area contributed by atoms with Gasteiger partial charge in [-0.25, -0.2) is 0 Å². The maximum atomic E-state index is 4.23. The molecule has 38 valence electrons. The van der Waals surface area contributed by atoms with Crippen LogP contribution in [0.4, 0.5) is 0 Å². The number of rotatable bonds is 1. The van der Waals surface area contributed by atoms with Crippen molar-refractivity contribution in [1.29, 1.82) is 0 Å². The zero-order valence-corrected chi connectivity index (χ0v) is 5.29. The van der Waals surface area contributed by atoms with Crippen LogP contribution in [0.2, 0.25) is 6.82 Å². The predicted molar refractivity (Wildman–Crippen MR) is 37.8 cm³/mol. The third-order valence-corrected chi connectivity index (χ3v) is 2.09. The van der Waals surface area contributed by atoms with Crippen molar-refractivity contribution < 1.29 is 0 Å². The fourth-order valence-corrected chi connectivity index (χ4v) is 1.40. The minimum Gasteiger partial charge on any atom is -0.293 e. The van der Waals surface area contributed by atoms with Gasteiger partial charge in [-0.2, -0.15) is 0 Å². The molecule has 1 heterocycles. The molecule has 0 bridgehead atoms. The van der Waals surface area contributed by atoms with Crippen molar-refractivity contribution in [2.24, 2.45) is 4.99 Å². The molecule has 0 N–H and O–H groups in total. The minimum absolute atomic E-state index is 1.05. The summed E-state index contributed by atoms with van der Waals surface area (Å²) in [6.07, 6.45) is 0. The third-order valence-electron chi connectivity index (χ3n) is 0.951. The second kappa shape index (κ2) is 2.41. The maximum absolute atomic E-state index is 4.23. The van der Waals surface area contributed by atoms with Crippen molar-refractivity contribution in [3.8, 4) is 0 Å². The largest absolute Gasteiger partial charge is 0.293 e. The quantitative estimate of drug-likeness (QED) is 0.453. The van der Waals surface area contributed by atoms with Gasteiger partial charge in [-0.1, -0.05) is 6.82 Å². The Morgan fingerprint density at radius 1 is 1.86 bits per heavy atom. The van der Waals surface area contributed by atoms with E-state index in [1.807, 2.05) is 11.8 Å². The molecule has 0 aliphatic carbocycles. The van der Waals surface area contributed by atoms with Gasteiger partial charge in [0.1, 0.15) is 0 Å². The number of thioether (sulfide) groups is 1. The summed E-state index contributed by atoms with van der Waals surface area (Å²) in [5, 5.41) is 0. The lowest BCUT2D eigenvalue weighted by molar-refractivity contribution is 1.18. The van der Waals surface area contributed by atoms with Gasteiger partial charge in [0.2, 0.25) is 0 Å². The Balaban J connectivity index is 2.36. The van der Waals surface area contributed by atoms with Gasteiger partial charge < -0.3 is 0 Å². The van der Waals surface area contributed by atoms with Crippen LogP contribution in [0.25, 0.3) is 0 Å². The van der Waals surface area contributed by atoms with Crippen molar-refractivity contribution in [2.45, 2.75) is 6.82 Å². The van der Waals surface area contributed by atoms with Crippen molar-refractivity contribution in [3.05, 3.63) is 0 Å². The van der Waals surface area contributed by atoms with E-state index < -0.39 is 0 Å². The van der Waals surface area contributed by atoms with Crippen LogP contribution in [0.1, 0.15) is 0 Å². The molecule has 0 saturated carbocycles. The average Bonchev–Trinajstić information content (AvgIpc) is 2.14. The number of nitrogens with zero attached hydrogens (tertiary/aromatic N) is 1. The Morgan fingerprint density at radius 2 is 2.71 bits per heavy atom. The van der Waals surface area contributed by atoms with Crippen molar-refractivity contribution in [3.63, 3.8) is 0 Å². The number of aliphatic imine (C=N–C) groups is 1. The van der Waals surface area contributed by atoms with E-state index in [1.54, 1.807) is 0 Å². The van der Waals surface area contributed by atoms with Gasteiger partial charge in [0.25, 0.3) is 0 Å². The first-order chi connectivity index (χ1) is 3.43. The summed E-state index contributed by atoms with van der Waals surface area (Å²) in [4.78, 5) is 5.57. The van der Waals surface area contributed by atoms with Crippen LogP contribution in [0.15, 0.2) is 4.99 Å². The first-order valence-electron chi connectivity index (χ1n) is 2.59. The summed E-state index contributed by atoms with van der Waals surface area (Å²) in [5.74, 6) is 1.21. The first-order valence-corrected chi connectivity index (χ1v) is 3.58. The highest BCUT2D eigenvalue weighted by Gasteiger charge is 2.02. The molecule has 0 atom stereocenters. The Labute approximate surface area is 48.8 Å². The van der Waals surface area contributed by atoms with Crippen LogP contribution in [-0.2, 0) is 0 Å². The summed E-state index contributed by atoms with van der Waals surface area (Å²) in [7, 11) is 1.13. The standard InChI is InChI=1S/C4H8BNS/c1-5-4-6-2-3-7-4/h5H,2-3H2,1H3. The van der Waals surface area contributed by atoms with Crippen LogP contribution in [0.3, 0.4) is 0 Å². The molecule has 1 aliphatic heterocycles. The van der Waals surface area contributed by atoms with E-state index in [0.29, 0.717) is 0 Å². The highest BCUT2D eigenvalue weighted by atomic mass is 32.2. The van der Waals surface area contributed by atoms with Crippen LogP contribution in [-0.4, -0.2) is 24.5 Å². The van der Waals surface area contributed by atoms with E-state index in [2.05, 4.69) is 11.8 Å². The summed E-state index contributed by atoms with van der Waals surface area (Å²) in [5.41, 5.74) is 0. The lowest BCUT2D eigenvalue weighted by Crippen LogP contribution is -1.93. The van der Waals surface area contributed by atoms with E-state index in [4.69, 9.17) is 0 Å². The van der Waals surface area contributed by atoms with E-state index in [9.17, 15) is 0 Å². The summed E-state index contributed by atoms with van der Waals surface area (Å²) < 4.78 is 0. The van der Waals surface area contributed by atoms with Crippen LogP contribution >= 0.6 is 11.8 Å². The molecule has 3 heteroatoms. The molecule has 0 aromatic rings. The number of hydrogen-bond donors (Lipinski definition) is 0. The topological polar surface area (TPSA) is 12.4 Å². The first kappa shape index (κ1) is 5.23. The van der Waals surface area contributed by atoms with Gasteiger partial charge in [0.05, 0.1) is 0 Å². The van der Waals surface area contributed by atoms with Crippen LogP contribution < -0.4 is 0 Å². The molecule has 1 rings (SSSR count). The molecule has 7 heavy (non-hydrogen) atoms. The van der Waals surface area contributed by atoms with E-state index in [0.717, 1.165) is 13.8 Å². The summed E-state index contributed by atoms with van der Waals surface area (Å²) in [6, 6.07) is 0. The van der Waals surface area contributed by atoms with Crippen LogP contribution in [0, 0.1) is 0 Å². The normalized spacial score (nSPS) is 19.3. The molecule has 0 aromatic heterocycles. The monoisotopic (exact) mass is 113 g/mol. The lowest BCUT2D eigenvalue weighted by atomic mass is 9.85. The molecular formula is C4H8BNS. The van der Waals surface area contributed by atoms with Gasteiger partial charge in [0.15, 0.2) is 7.28 Å². The number of hydrogen-bond acceptors (Lipinski definition) is 2. The Kier molecular flexibility index (Phi) is 1.80. The Bertz CT molecular complexity index is 91.7. The third kappa shape index (κ3) is 1.23. The van der Waals surface area contributed by atoms with Crippen molar-refractivity contribution in [2.75, 3.05) is 12.3 Å². The molecule has 1 aliphatic rings. The molecule has 0 fully saturated rings. The Hall–Kier alpha value is 0.0849. The minimum atomic E-state index is 1.05. The second-order valence-electron chi connectivity index (χ2n) is 1.48. The molecular weight excluding hydrogens is 105 g/mol. The fraction of sp³-hybridized carbons (Fsp3) is 0.750. The molecule has 1 nitrogen and oxygen atoms in total. The van der Waals surface area contributed by atoms with Gasteiger partial charge in [-0.15, -0.1) is 11.8 Å². The molecule has 0 amide bonds. The maximum Gasteiger partial charge on any atom is 0.187 e. The summed E-state index contributed by atoms with van der Waals surface area (Å²) in [6.45, 7) is 3.20. The van der Waals surface area contributed by atoms with Crippen molar-refractivity contribution >= 4 is 24.0 Å². The SMILES string of the molecule is CBC1=NCCS1. The molecule has 0 saturated heterocycles. The summed E-state index contributed by atoms with van der Waals surface area (Å²) >= 11 is 1.89. The van der Waals surface area contributed by atoms with Gasteiger partial charge in [0, 0.05) is 17.2 Å². The molecule has 0 spiro atoms. The zero-order valence-electron chi connectivity index (χ0n) is 4.48. The fourth-order valence-electron chi connectivity index (χ4n) is 0.593.